The number of rotatable bonds is 11. The number of carbonyl (C=O) groups is 1. The summed E-state index contributed by atoms with van der Waals surface area (Å²) < 4.78 is 55.4. The molecular weight excluding hydrogens is 511 g/mol. The Kier molecular flexibility index (Phi) is 9.00. The van der Waals surface area contributed by atoms with E-state index in [-0.39, 0.29) is 47.9 Å². The summed E-state index contributed by atoms with van der Waals surface area (Å²) in [5.41, 5.74) is 1.31. The van der Waals surface area contributed by atoms with Crippen LogP contribution in [0.1, 0.15) is 15.9 Å². The van der Waals surface area contributed by atoms with Crippen molar-refractivity contribution in [2.24, 2.45) is 0 Å². The fourth-order valence-corrected chi connectivity index (χ4v) is 4.43. The predicted octanol–water partition coefficient (Wildman–Crippen LogP) is 4.27. The molecule has 0 spiro atoms. The first kappa shape index (κ1) is 27.1. The molecule has 192 valence electrons. The van der Waals surface area contributed by atoms with Gasteiger partial charge in [-0.15, -0.1) is 0 Å². The number of anilines is 1. The second-order valence-electron chi connectivity index (χ2n) is 7.68. The van der Waals surface area contributed by atoms with Crippen molar-refractivity contribution in [2.45, 2.75) is 6.54 Å². The van der Waals surface area contributed by atoms with Crippen molar-refractivity contribution in [1.29, 1.82) is 0 Å². The van der Waals surface area contributed by atoms with E-state index in [0.29, 0.717) is 22.6 Å². The molecule has 0 aliphatic carbocycles. The van der Waals surface area contributed by atoms with Crippen LogP contribution in [-0.4, -0.2) is 48.0 Å². The standard InChI is InChI=1S/C25H26ClFN2O6S/c1-33-23-15-22(24(34-2)14-21(23)26)29(36(3,31)32)16-17-4-6-18(7-5-17)25(30)28-12-13-35-20-10-8-19(27)9-11-20/h4-11,14-15H,12-13,16H2,1-3H3,(H,28,30). The summed E-state index contributed by atoms with van der Waals surface area (Å²) >= 11 is 6.16. The predicted molar refractivity (Wildman–Crippen MR) is 136 cm³/mol. The highest BCUT2D eigenvalue weighted by Gasteiger charge is 2.24. The van der Waals surface area contributed by atoms with E-state index in [1.165, 1.54) is 54.9 Å². The summed E-state index contributed by atoms with van der Waals surface area (Å²) in [5, 5.41) is 3.02. The molecule has 0 aliphatic heterocycles. The minimum absolute atomic E-state index is 0.00656. The summed E-state index contributed by atoms with van der Waals surface area (Å²) in [6.45, 7) is 0.455. The lowest BCUT2D eigenvalue weighted by Crippen LogP contribution is -2.30. The van der Waals surface area contributed by atoms with Crippen LogP contribution in [0.15, 0.2) is 60.7 Å². The zero-order valence-electron chi connectivity index (χ0n) is 20.0. The number of amides is 1. The first-order chi connectivity index (χ1) is 17.1. The molecule has 0 bridgehead atoms. The lowest BCUT2D eigenvalue weighted by Gasteiger charge is -2.25. The molecule has 36 heavy (non-hydrogen) atoms. The molecule has 3 aromatic rings. The van der Waals surface area contributed by atoms with Gasteiger partial charge in [-0.2, -0.15) is 0 Å². The first-order valence-electron chi connectivity index (χ1n) is 10.8. The van der Waals surface area contributed by atoms with Gasteiger partial charge in [0, 0.05) is 17.7 Å². The Hall–Kier alpha value is -3.50. The number of hydrogen-bond acceptors (Lipinski definition) is 6. The monoisotopic (exact) mass is 536 g/mol. The van der Waals surface area contributed by atoms with Gasteiger partial charge in [0.1, 0.15) is 29.7 Å². The van der Waals surface area contributed by atoms with Crippen molar-refractivity contribution in [3.05, 3.63) is 82.6 Å². The first-order valence-corrected chi connectivity index (χ1v) is 13.0. The molecule has 8 nitrogen and oxygen atoms in total. The molecule has 0 heterocycles. The zero-order valence-corrected chi connectivity index (χ0v) is 21.5. The Bertz CT molecular complexity index is 1300. The Morgan fingerprint density at radius 2 is 1.64 bits per heavy atom. The van der Waals surface area contributed by atoms with E-state index >= 15 is 0 Å². The quantitative estimate of drug-likeness (QED) is 0.368. The van der Waals surface area contributed by atoms with Crippen LogP contribution < -0.4 is 23.8 Å². The summed E-state index contributed by atoms with van der Waals surface area (Å²) in [5.74, 6) is 0.404. The second-order valence-corrected chi connectivity index (χ2v) is 10.00. The highest BCUT2D eigenvalue weighted by Crippen LogP contribution is 2.39. The van der Waals surface area contributed by atoms with Crippen LogP contribution in [-0.2, 0) is 16.6 Å². The van der Waals surface area contributed by atoms with E-state index in [1.807, 2.05) is 0 Å². The molecule has 0 radical (unpaired) electrons. The van der Waals surface area contributed by atoms with Gasteiger partial charge in [-0.3, -0.25) is 9.10 Å². The molecule has 0 fully saturated rings. The molecule has 0 saturated heterocycles. The van der Waals surface area contributed by atoms with E-state index in [0.717, 1.165) is 6.26 Å². The number of nitrogens with one attached hydrogen (secondary N) is 1. The van der Waals surface area contributed by atoms with Crippen molar-refractivity contribution < 1.29 is 31.8 Å². The number of halogens is 2. The van der Waals surface area contributed by atoms with E-state index in [1.54, 1.807) is 24.3 Å². The Balaban J connectivity index is 1.67. The number of hydrogen-bond donors (Lipinski definition) is 1. The highest BCUT2D eigenvalue weighted by atomic mass is 35.5. The summed E-state index contributed by atoms with van der Waals surface area (Å²) in [7, 11) is -0.864. The Morgan fingerprint density at radius 1 is 1.00 bits per heavy atom. The lowest BCUT2D eigenvalue weighted by atomic mass is 10.1. The van der Waals surface area contributed by atoms with Gasteiger partial charge >= 0.3 is 0 Å². The van der Waals surface area contributed by atoms with E-state index in [9.17, 15) is 17.6 Å². The van der Waals surface area contributed by atoms with Crippen molar-refractivity contribution >= 4 is 33.2 Å². The third-order valence-corrected chi connectivity index (χ3v) is 6.56. The maximum Gasteiger partial charge on any atom is 0.251 e. The lowest BCUT2D eigenvalue weighted by molar-refractivity contribution is 0.0947. The zero-order chi connectivity index (χ0) is 26.3. The van der Waals surface area contributed by atoms with Crippen LogP contribution in [0.5, 0.6) is 17.2 Å². The third kappa shape index (κ3) is 7.02. The van der Waals surface area contributed by atoms with Crippen LogP contribution in [0.4, 0.5) is 10.1 Å². The van der Waals surface area contributed by atoms with Crippen LogP contribution in [0.25, 0.3) is 0 Å². The van der Waals surface area contributed by atoms with Gasteiger partial charge in [0.25, 0.3) is 5.91 Å². The van der Waals surface area contributed by atoms with Gasteiger partial charge in [0.15, 0.2) is 0 Å². The molecule has 0 unspecified atom stereocenters. The van der Waals surface area contributed by atoms with Crippen LogP contribution in [0.2, 0.25) is 5.02 Å². The normalized spacial score (nSPS) is 11.0. The molecule has 0 aromatic heterocycles. The number of benzene rings is 3. The summed E-state index contributed by atoms with van der Waals surface area (Å²) in [6.07, 6.45) is 1.09. The Morgan fingerprint density at radius 3 is 2.22 bits per heavy atom. The molecule has 1 amide bonds. The molecular formula is C25H26ClFN2O6S. The average Bonchev–Trinajstić information content (AvgIpc) is 2.85. The van der Waals surface area contributed by atoms with Crippen molar-refractivity contribution in [1.82, 2.24) is 5.32 Å². The summed E-state index contributed by atoms with van der Waals surface area (Å²) in [4.78, 5) is 12.4. The van der Waals surface area contributed by atoms with Crippen molar-refractivity contribution in [2.75, 3.05) is 37.9 Å². The number of methoxy groups -OCH3 is 2. The largest absolute Gasteiger partial charge is 0.495 e. The maximum atomic E-state index is 12.9. The van der Waals surface area contributed by atoms with Gasteiger partial charge in [-0.05, 0) is 42.0 Å². The molecule has 0 aliphatic rings. The van der Waals surface area contributed by atoms with Crippen LogP contribution in [0, 0.1) is 5.82 Å². The Labute approximate surface area is 214 Å². The van der Waals surface area contributed by atoms with Crippen molar-refractivity contribution in [3.8, 4) is 17.2 Å². The second kappa shape index (κ2) is 12.0. The van der Waals surface area contributed by atoms with Gasteiger partial charge in [0.2, 0.25) is 10.0 Å². The van der Waals surface area contributed by atoms with Gasteiger partial charge in [0.05, 0.1) is 44.3 Å². The number of carbonyl (C=O) groups excluding carboxylic acids is 1. The molecule has 3 rings (SSSR count). The van der Waals surface area contributed by atoms with Crippen LogP contribution in [0.3, 0.4) is 0 Å². The average molecular weight is 537 g/mol. The SMILES string of the molecule is COc1cc(N(Cc2ccc(C(=O)NCCOc3ccc(F)cc3)cc2)S(C)(=O)=O)c(OC)cc1Cl. The molecule has 0 saturated carbocycles. The minimum Gasteiger partial charge on any atom is -0.495 e. The summed E-state index contributed by atoms with van der Waals surface area (Å²) in [6, 6.07) is 15.1. The van der Waals surface area contributed by atoms with Crippen LogP contribution >= 0.6 is 11.6 Å². The minimum atomic E-state index is -3.71. The fraction of sp³-hybridized carbons (Fsp3) is 0.240. The fourth-order valence-electron chi connectivity index (χ4n) is 3.31. The third-order valence-electron chi connectivity index (χ3n) is 5.13. The van der Waals surface area contributed by atoms with Gasteiger partial charge < -0.3 is 19.5 Å². The molecule has 1 N–H and O–H groups in total. The molecule has 0 atom stereocenters. The van der Waals surface area contributed by atoms with E-state index < -0.39 is 10.0 Å². The van der Waals surface area contributed by atoms with Gasteiger partial charge in [-0.1, -0.05) is 23.7 Å². The van der Waals surface area contributed by atoms with Crippen molar-refractivity contribution in [3.63, 3.8) is 0 Å². The maximum absolute atomic E-state index is 12.9. The number of nitrogens with zero attached hydrogens (tertiary/aromatic N) is 1. The molecule has 3 aromatic carbocycles. The van der Waals surface area contributed by atoms with E-state index in [4.69, 9.17) is 25.8 Å². The van der Waals surface area contributed by atoms with Gasteiger partial charge in [-0.25, -0.2) is 12.8 Å². The topological polar surface area (TPSA) is 94.2 Å². The highest BCUT2D eigenvalue weighted by molar-refractivity contribution is 7.92. The number of sulfonamides is 1. The smallest absolute Gasteiger partial charge is 0.251 e. The van der Waals surface area contributed by atoms with E-state index in [2.05, 4.69) is 5.32 Å². The number of ether oxygens (including phenoxy) is 3. The molecule has 11 heteroatoms.